The summed E-state index contributed by atoms with van der Waals surface area (Å²) in [5.74, 6) is 0.000210. The normalized spacial score (nSPS) is 17.2. The van der Waals surface area contributed by atoms with Crippen LogP contribution in [-0.4, -0.2) is 43.0 Å². The van der Waals surface area contributed by atoms with Crippen LogP contribution in [0.3, 0.4) is 0 Å². The second kappa shape index (κ2) is 9.61. The van der Waals surface area contributed by atoms with Gasteiger partial charge in [0.15, 0.2) is 11.5 Å². The van der Waals surface area contributed by atoms with Gasteiger partial charge >= 0.3 is 0 Å². The molecule has 0 spiro atoms. The number of carbonyl (C=O) groups is 2. The summed E-state index contributed by atoms with van der Waals surface area (Å²) in [6.07, 6.45) is 0. The zero-order valence-electron chi connectivity index (χ0n) is 19.3. The van der Waals surface area contributed by atoms with Gasteiger partial charge in [0, 0.05) is 10.4 Å². The van der Waals surface area contributed by atoms with Crippen LogP contribution < -0.4 is 14.2 Å². The fraction of sp³-hybridized carbons (Fsp3) is 0.231. The Labute approximate surface area is 201 Å². The Balaban J connectivity index is 1.89. The number of rotatable bonds is 7. The molecule has 3 aromatic rings. The number of hydrogen-bond donors (Lipinski definition) is 1. The number of carbonyl (C=O) groups excluding carboxylic acids is 2. The quantitative estimate of drug-likeness (QED) is 0.300. The number of ether oxygens (including phenoxy) is 3. The number of methoxy groups -OCH3 is 3. The Morgan fingerprint density at radius 2 is 1.68 bits per heavy atom. The van der Waals surface area contributed by atoms with E-state index < -0.39 is 17.7 Å². The summed E-state index contributed by atoms with van der Waals surface area (Å²) in [4.78, 5) is 28.8. The minimum absolute atomic E-state index is 0.0262. The monoisotopic (exact) mass is 479 g/mol. The molecule has 1 unspecified atom stereocenters. The highest BCUT2D eigenvalue weighted by Crippen LogP contribution is 2.43. The van der Waals surface area contributed by atoms with E-state index in [4.69, 9.17) is 14.2 Å². The smallest absolute Gasteiger partial charge is 0.295 e. The lowest BCUT2D eigenvalue weighted by molar-refractivity contribution is -0.140. The van der Waals surface area contributed by atoms with Gasteiger partial charge in [0.25, 0.3) is 11.7 Å². The van der Waals surface area contributed by atoms with Crippen LogP contribution in [0.15, 0.2) is 59.5 Å². The van der Waals surface area contributed by atoms with Crippen LogP contribution in [0.1, 0.15) is 27.6 Å². The second-order valence-corrected chi connectivity index (χ2v) is 8.84. The van der Waals surface area contributed by atoms with Gasteiger partial charge in [-0.15, -0.1) is 11.3 Å². The van der Waals surface area contributed by atoms with Crippen molar-refractivity contribution in [3.63, 3.8) is 0 Å². The summed E-state index contributed by atoms with van der Waals surface area (Å²) in [5, 5.41) is 13.2. The molecule has 2 heterocycles. The number of amides is 1. The lowest BCUT2D eigenvalue weighted by Gasteiger charge is -2.25. The molecule has 0 radical (unpaired) electrons. The van der Waals surface area contributed by atoms with E-state index >= 15 is 0 Å². The molecule has 0 aliphatic carbocycles. The zero-order valence-corrected chi connectivity index (χ0v) is 20.1. The number of thiophene rings is 1. The maximum Gasteiger partial charge on any atom is 0.295 e. The number of aryl methyl sites for hydroxylation is 1. The van der Waals surface area contributed by atoms with Crippen LogP contribution in [0, 0.1) is 6.92 Å². The minimum Gasteiger partial charge on any atom is -0.507 e. The summed E-state index contributed by atoms with van der Waals surface area (Å²) in [6.45, 7) is 2.08. The Morgan fingerprint density at radius 3 is 2.29 bits per heavy atom. The number of aliphatic hydroxyl groups is 1. The maximum absolute atomic E-state index is 13.2. The van der Waals surface area contributed by atoms with Crippen LogP contribution in [0.25, 0.3) is 5.76 Å². The minimum atomic E-state index is -0.802. The maximum atomic E-state index is 13.2. The highest BCUT2D eigenvalue weighted by atomic mass is 32.1. The molecule has 1 aliphatic heterocycles. The molecular weight excluding hydrogens is 454 g/mol. The Bertz CT molecular complexity index is 1260. The van der Waals surface area contributed by atoms with E-state index in [2.05, 4.69) is 0 Å². The number of hydrogen-bond acceptors (Lipinski definition) is 7. The molecule has 1 fully saturated rings. The SMILES string of the molecule is COc1ccc(/C(O)=C2/C(=O)C(=O)N(Cc3cccs3)C2c2ccc(OC)c(OC)c2)cc1C. The Hall–Kier alpha value is -3.78. The van der Waals surface area contributed by atoms with Gasteiger partial charge in [0.2, 0.25) is 0 Å². The fourth-order valence-corrected chi connectivity index (χ4v) is 4.87. The molecular formula is C26H25NO6S. The van der Waals surface area contributed by atoms with Gasteiger partial charge in [-0.2, -0.15) is 0 Å². The number of nitrogens with zero attached hydrogens (tertiary/aromatic N) is 1. The average Bonchev–Trinajstić information content (AvgIpc) is 3.45. The first-order valence-corrected chi connectivity index (χ1v) is 11.4. The van der Waals surface area contributed by atoms with Gasteiger partial charge < -0.3 is 24.2 Å². The van der Waals surface area contributed by atoms with Crippen molar-refractivity contribution >= 4 is 28.8 Å². The number of benzene rings is 2. The molecule has 1 aromatic heterocycles. The van der Waals surface area contributed by atoms with E-state index in [1.807, 2.05) is 24.4 Å². The summed E-state index contributed by atoms with van der Waals surface area (Å²) in [5.41, 5.74) is 1.87. The van der Waals surface area contributed by atoms with E-state index in [0.717, 1.165) is 10.4 Å². The summed E-state index contributed by atoms with van der Waals surface area (Å²) in [7, 11) is 4.62. The molecule has 1 amide bonds. The van der Waals surface area contributed by atoms with Gasteiger partial charge in [-0.25, -0.2) is 0 Å². The lowest BCUT2D eigenvalue weighted by atomic mass is 9.94. The molecule has 1 N–H and O–H groups in total. The average molecular weight is 480 g/mol. The highest BCUT2D eigenvalue weighted by molar-refractivity contribution is 7.09. The Morgan fingerprint density at radius 1 is 0.971 bits per heavy atom. The van der Waals surface area contributed by atoms with Crippen molar-refractivity contribution in [2.45, 2.75) is 19.5 Å². The number of aliphatic hydroxyl groups excluding tert-OH is 1. The van der Waals surface area contributed by atoms with Crippen molar-refractivity contribution in [2.24, 2.45) is 0 Å². The third-order valence-electron chi connectivity index (χ3n) is 5.84. The van der Waals surface area contributed by atoms with Crippen molar-refractivity contribution in [1.82, 2.24) is 4.90 Å². The van der Waals surface area contributed by atoms with Crippen LogP contribution in [0.4, 0.5) is 0 Å². The molecule has 8 heteroatoms. The largest absolute Gasteiger partial charge is 0.507 e. The summed E-state index contributed by atoms with van der Waals surface area (Å²) < 4.78 is 16.1. The van der Waals surface area contributed by atoms with E-state index in [1.54, 1.807) is 43.5 Å². The van der Waals surface area contributed by atoms with Crippen LogP contribution in [0.2, 0.25) is 0 Å². The van der Waals surface area contributed by atoms with Crippen molar-refractivity contribution in [3.05, 3.63) is 81.1 Å². The van der Waals surface area contributed by atoms with Crippen LogP contribution in [0.5, 0.6) is 17.2 Å². The summed E-state index contributed by atoms with van der Waals surface area (Å²) in [6, 6.07) is 13.3. The molecule has 1 aliphatic rings. The molecule has 1 atom stereocenters. The number of Topliss-reactive ketones (excluding diaryl/α,β-unsaturated/α-hetero) is 1. The number of ketones is 1. The summed E-state index contributed by atoms with van der Waals surface area (Å²) >= 11 is 1.49. The predicted octanol–water partition coefficient (Wildman–Crippen LogP) is 4.70. The first kappa shape index (κ1) is 23.4. The number of likely N-dealkylation sites (tertiary alicyclic amines) is 1. The molecule has 34 heavy (non-hydrogen) atoms. The standard InChI is InChI=1S/C26H25NO6S/c1-15-12-17(8-9-19(15)31-2)24(28)22-23(16-7-10-20(32-3)21(13-16)33-4)27(26(30)25(22)29)14-18-6-5-11-34-18/h5-13,23,28H,14H2,1-4H3/b24-22-. The van der Waals surface area contributed by atoms with E-state index in [1.165, 1.54) is 30.5 Å². The third-order valence-corrected chi connectivity index (χ3v) is 6.70. The van der Waals surface area contributed by atoms with Gasteiger partial charge in [-0.1, -0.05) is 12.1 Å². The van der Waals surface area contributed by atoms with Crippen molar-refractivity contribution < 1.29 is 28.9 Å². The lowest BCUT2D eigenvalue weighted by Crippen LogP contribution is -2.28. The molecule has 176 valence electrons. The molecule has 4 rings (SSSR count). The molecule has 0 saturated carbocycles. The fourth-order valence-electron chi connectivity index (χ4n) is 4.16. The van der Waals surface area contributed by atoms with E-state index in [0.29, 0.717) is 28.4 Å². The van der Waals surface area contributed by atoms with E-state index in [-0.39, 0.29) is 17.9 Å². The van der Waals surface area contributed by atoms with Gasteiger partial charge in [0.05, 0.1) is 39.5 Å². The topological polar surface area (TPSA) is 85.3 Å². The molecule has 1 saturated heterocycles. The van der Waals surface area contributed by atoms with Crippen molar-refractivity contribution in [3.8, 4) is 17.2 Å². The third kappa shape index (κ3) is 4.12. The van der Waals surface area contributed by atoms with E-state index in [9.17, 15) is 14.7 Å². The van der Waals surface area contributed by atoms with Crippen molar-refractivity contribution in [1.29, 1.82) is 0 Å². The Kier molecular flexibility index (Phi) is 6.61. The van der Waals surface area contributed by atoms with Crippen molar-refractivity contribution in [2.75, 3.05) is 21.3 Å². The van der Waals surface area contributed by atoms with Gasteiger partial charge in [-0.05, 0) is 59.8 Å². The first-order valence-electron chi connectivity index (χ1n) is 10.6. The van der Waals surface area contributed by atoms with Gasteiger partial charge in [-0.3, -0.25) is 9.59 Å². The van der Waals surface area contributed by atoms with Crippen LogP contribution in [-0.2, 0) is 16.1 Å². The molecule has 2 aromatic carbocycles. The second-order valence-electron chi connectivity index (χ2n) is 7.81. The van der Waals surface area contributed by atoms with Gasteiger partial charge in [0.1, 0.15) is 11.5 Å². The highest BCUT2D eigenvalue weighted by Gasteiger charge is 2.46. The molecule has 7 nitrogen and oxygen atoms in total. The molecule has 0 bridgehead atoms. The zero-order chi connectivity index (χ0) is 24.4. The van der Waals surface area contributed by atoms with Crippen LogP contribution >= 0.6 is 11.3 Å². The first-order chi connectivity index (χ1) is 16.4. The predicted molar refractivity (Wildman–Crippen MR) is 129 cm³/mol.